The van der Waals surface area contributed by atoms with Gasteiger partial charge in [-0.3, -0.25) is 19.2 Å². The molecule has 0 aliphatic heterocycles. The van der Waals surface area contributed by atoms with Crippen LogP contribution in [0.25, 0.3) is 0 Å². The average Bonchev–Trinajstić information content (AvgIpc) is 2.82. The van der Waals surface area contributed by atoms with Crippen LogP contribution in [0.5, 0.6) is 0 Å². The van der Waals surface area contributed by atoms with Gasteiger partial charge >= 0.3 is 5.97 Å². The van der Waals surface area contributed by atoms with E-state index >= 15 is 0 Å². The maximum Gasteiger partial charge on any atom is 0.319 e. The lowest BCUT2D eigenvalue weighted by atomic mass is 9.81. The summed E-state index contributed by atoms with van der Waals surface area (Å²) in [4.78, 5) is 52.2. The summed E-state index contributed by atoms with van der Waals surface area (Å²) in [5.41, 5.74) is -0.625. The van der Waals surface area contributed by atoms with Crippen LogP contribution in [-0.4, -0.2) is 35.7 Å². The van der Waals surface area contributed by atoms with Gasteiger partial charge in [0, 0.05) is 6.42 Å². The van der Waals surface area contributed by atoms with Crippen LogP contribution in [0.15, 0.2) is 30.3 Å². The van der Waals surface area contributed by atoms with E-state index in [1.807, 2.05) is 58.0 Å². The van der Waals surface area contributed by atoms with Gasteiger partial charge in [-0.15, -0.1) is 0 Å². The predicted octanol–water partition coefficient (Wildman–Crippen LogP) is 5.21. The highest BCUT2D eigenvalue weighted by Gasteiger charge is 2.43. The molecule has 2 amide bonds. The van der Waals surface area contributed by atoms with Gasteiger partial charge in [-0.25, -0.2) is 0 Å². The van der Waals surface area contributed by atoms with Crippen molar-refractivity contribution in [1.29, 1.82) is 0 Å². The molecule has 0 aromatic heterocycles. The molecule has 0 aliphatic rings. The summed E-state index contributed by atoms with van der Waals surface area (Å²) in [6.45, 7) is 15.0. The zero-order chi connectivity index (χ0) is 28.2. The van der Waals surface area contributed by atoms with Gasteiger partial charge in [0.2, 0.25) is 11.8 Å². The van der Waals surface area contributed by atoms with Crippen molar-refractivity contribution in [2.75, 3.05) is 0 Å². The zero-order valence-corrected chi connectivity index (χ0v) is 24.1. The third-order valence-corrected chi connectivity index (χ3v) is 6.38. The van der Waals surface area contributed by atoms with Gasteiger partial charge in [0.25, 0.3) is 0 Å². The molecule has 7 heteroatoms. The smallest absolute Gasteiger partial charge is 0.319 e. The maximum atomic E-state index is 13.5. The molecule has 0 saturated carbocycles. The molecule has 2 atom stereocenters. The molecule has 0 spiro atoms. The third kappa shape index (κ3) is 11.5. The monoisotopic (exact) mass is 516 g/mol. The number of hydrogen-bond acceptors (Lipinski definition) is 5. The van der Waals surface area contributed by atoms with Gasteiger partial charge in [0.05, 0.1) is 6.04 Å². The van der Waals surface area contributed by atoms with Gasteiger partial charge in [-0.05, 0) is 50.0 Å². The fourth-order valence-corrected chi connectivity index (χ4v) is 4.02. The molecule has 0 fully saturated rings. The number of amides is 2. The predicted molar refractivity (Wildman–Crippen MR) is 146 cm³/mol. The van der Waals surface area contributed by atoms with Crippen molar-refractivity contribution in [3.63, 3.8) is 0 Å². The van der Waals surface area contributed by atoms with Crippen LogP contribution in [0.4, 0.5) is 0 Å². The fourth-order valence-electron chi connectivity index (χ4n) is 4.02. The summed E-state index contributed by atoms with van der Waals surface area (Å²) in [6, 6.07) is 7.61. The lowest BCUT2D eigenvalue weighted by molar-refractivity contribution is -0.160. The number of hydrogen-bond donors (Lipinski definition) is 2. The van der Waals surface area contributed by atoms with Crippen LogP contribution in [-0.2, 0) is 30.5 Å². The number of rotatable bonds is 16. The number of esters is 1. The van der Waals surface area contributed by atoms with Crippen molar-refractivity contribution < 1.29 is 23.9 Å². The molecule has 0 heterocycles. The van der Waals surface area contributed by atoms with Gasteiger partial charge in [-0.2, -0.15) is 0 Å². The van der Waals surface area contributed by atoms with Crippen molar-refractivity contribution in [2.24, 2.45) is 23.2 Å². The highest BCUT2D eigenvalue weighted by molar-refractivity contribution is 6.06. The Hall–Kier alpha value is -2.70. The Balaban J connectivity index is 2.88. The Morgan fingerprint density at radius 3 is 2.03 bits per heavy atom. The molecule has 37 heavy (non-hydrogen) atoms. The lowest BCUT2D eigenvalue weighted by Gasteiger charge is -2.30. The molecule has 0 aliphatic carbocycles. The first-order valence-electron chi connectivity index (χ1n) is 13.6. The van der Waals surface area contributed by atoms with E-state index in [0.29, 0.717) is 18.8 Å². The molecule has 0 bridgehead atoms. The molecule has 2 N–H and O–H groups in total. The molecule has 1 aromatic carbocycles. The minimum absolute atomic E-state index is 0.0657. The maximum absolute atomic E-state index is 13.5. The first-order chi connectivity index (χ1) is 17.2. The third-order valence-electron chi connectivity index (χ3n) is 6.38. The fraction of sp³-hybridized carbons (Fsp3) is 0.667. The number of carbonyl (C=O) groups is 4. The minimum Gasteiger partial charge on any atom is -0.460 e. The van der Waals surface area contributed by atoms with Gasteiger partial charge in [0.1, 0.15) is 18.1 Å². The van der Waals surface area contributed by atoms with Crippen molar-refractivity contribution in [3.05, 3.63) is 35.9 Å². The van der Waals surface area contributed by atoms with E-state index in [0.717, 1.165) is 24.8 Å². The summed E-state index contributed by atoms with van der Waals surface area (Å²) in [7, 11) is 0. The lowest BCUT2D eigenvalue weighted by Crippen LogP contribution is -2.56. The molecule has 0 radical (unpaired) electrons. The Bertz CT molecular complexity index is 877. The Morgan fingerprint density at radius 2 is 1.49 bits per heavy atom. The van der Waals surface area contributed by atoms with Crippen molar-refractivity contribution in [2.45, 2.75) is 106 Å². The molecule has 208 valence electrons. The normalized spacial score (nSPS) is 13.4. The van der Waals surface area contributed by atoms with Crippen LogP contribution < -0.4 is 10.6 Å². The first-order valence-corrected chi connectivity index (χ1v) is 13.6. The SMILES string of the molecule is CC(C)CCCCC(=O)N[C@H](C(=O)N[C@@H](CC(C)C)C(=O)C(C)(C)C(=O)OCc1ccccc1)C(C)C. The molecule has 1 rings (SSSR count). The van der Waals surface area contributed by atoms with E-state index in [4.69, 9.17) is 4.74 Å². The van der Waals surface area contributed by atoms with E-state index in [1.54, 1.807) is 0 Å². The molecular weight excluding hydrogens is 468 g/mol. The highest BCUT2D eigenvalue weighted by Crippen LogP contribution is 2.24. The standard InChI is InChI=1S/C30H48N2O5/c1-20(2)14-12-13-17-25(33)32-26(22(5)6)28(35)31-24(18-21(3)4)27(34)30(7,8)29(36)37-19-23-15-10-9-11-16-23/h9-11,15-16,20-22,24,26H,12-14,17-19H2,1-8H3,(H,31,35)(H,32,33)/t24-,26-/m0/s1. The first kappa shape index (κ1) is 32.3. The highest BCUT2D eigenvalue weighted by atomic mass is 16.5. The van der Waals surface area contributed by atoms with E-state index in [9.17, 15) is 19.2 Å². The molecule has 0 saturated heterocycles. The topological polar surface area (TPSA) is 102 Å². The van der Waals surface area contributed by atoms with E-state index < -0.39 is 35.2 Å². The molecule has 0 unspecified atom stereocenters. The second-order valence-corrected chi connectivity index (χ2v) is 11.7. The average molecular weight is 517 g/mol. The van der Waals surface area contributed by atoms with Gasteiger partial charge in [0.15, 0.2) is 5.78 Å². The molecular formula is C30H48N2O5. The number of unbranched alkanes of at least 4 members (excludes halogenated alkanes) is 1. The largest absolute Gasteiger partial charge is 0.460 e. The van der Waals surface area contributed by atoms with Crippen molar-refractivity contribution in [3.8, 4) is 0 Å². The van der Waals surface area contributed by atoms with Crippen LogP contribution in [0.1, 0.15) is 93.1 Å². The number of nitrogens with one attached hydrogen (secondary N) is 2. The summed E-state index contributed by atoms with van der Waals surface area (Å²) in [6.07, 6.45) is 3.52. The Labute approximate surface area is 223 Å². The van der Waals surface area contributed by atoms with Crippen LogP contribution >= 0.6 is 0 Å². The van der Waals surface area contributed by atoms with Crippen LogP contribution in [0.2, 0.25) is 0 Å². The zero-order valence-electron chi connectivity index (χ0n) is 24.1. The van der Waals surface area contributed by atoms with E-state index in [2.05, 4.69) is 24.5 Å². The molecule has 7 nitrogen and oxygen atoms in total. The van der Waals surface area contributed by atoms with Crippen LogP contribution in [0, 0.1) is 23.2 Å². The van der Waals surface area contributed by atoms with Crippen molar-refractivity contribution >= 4 is 23.6 Å². The summed E-state index contributed by atoms with van der Waals surface area (Å²) in [5.74, 6) is -1.12. The number of ketones is 1. The summed E-state index contributed by atoms with van der Waals surface area (Å²) < 4.78 is 5.44. The number of ether oxygens (including phenoxy) is 1. The second-order valence-electron chi connectivity index (χ2n) is 11.7. The number of benzene rings is 1. The minimum atomic E-state index is -1.45. The van der Waals surface area contributed by atoms with Gasteiger partial charge < -0.3 is 15.4 Å². The summed E-state index contributed by atoms with van der Waals surface area (Å²) >= 11 is 0. The van der Waals surface area contributed by atoms with E-state index in [-0.39, 0.29) is 24.3 Å². The Morgan fingerprint density at radius 1 is 0.865 bits per heavy atom. The molecule has 1 aromatic rings. The van der Waals surface area contributed by atoms with Crippen LogP contribution in [0.3, 0.4) is 0 Å². The van der Waals surface area contributed by atoms with Crippen molar-refractivity contribution in [1.82, 2.24) is 10.6 Å². The van der Waals surface area contributed by atoms with E-state index in [1.165, 1.54) is 13.8 Å². The number of carbonyl (C=O) groups excluding carboxylic acids is 4. The van der Waals surface area contributed by atoms with Gasteiger partial charge in [-0.1, -0.05) is 84.7 Å². The second kappa shape index (κ2) is 15.5. The quantitative estimate of drug-likeness (QED) is 0.178. The number of Topliss-reactive ketones (excluding diaryl/α,β-unsaturated/α-hetero) is 1. The summed E-state index contributed by atoms with van der Waals surface area (Å²) in [5, 5.41) is 5.69. The Kier molecular flexibility index (Phi) is 13.6.